The van der Waals surface area contributed by atoms with Gasteiger partial charge in [-0.05, 0) is 0 Å². The topological polar surface area (TPSA) is 57.5 Å². The zero-order chi connectivity index (χ0) is 13.8. The van der Waals surface area contributed by atoms with Crippen molar-refractivity contribution in [2.24, 2.45) is 0 Å². The minimum absolute atomic E-state index is 0.202. The Hall–Kier alpha value is -0.111. The summed E-state index contributed by atoms with van der Waals surface area (Å²) in [6.07, 6.45) is 0. The predicted octanol–water partition coefficient (Wildman–Crippen LogP) is 4.15. The Balaban J connectivity index is 0.000000120. The number of hydrogen-bond acceptors (Lipinski definition) is 1. The molecule has 5 heteroatoms. The van der Waals surface area contributed by atoms with Crippen molar-refractivity contribution in [2.45, 2.75) is 47.4 Å². The fourth-order valence-electron chi connectivity index (χ4n) is 17.3. The maximum absolute atomic E-state index is 12.1. The van der Waals surface area contributed by atoms with Gasteiger partial charge in [0.2, 0.25) is 0 Å². The maximum Gasteiger partial charge on any atom is -0.0623 e. The summed E-state index contributed by atoms with van der Waals surface area (Å²) >= 11 is 0. The number of hydrogen-bond donors (Lipinski definition) is 2. The Morgan fingerprint density at radius 1 is 0.714 bits per heavy atom. The molecule has 21 heavy (non-hydrogen) atoms. The smallest absolute Gasteiger partial charge is 0.0623 e. The molecule has 11 rings (SSSR count). The van der Waals surface area contributed by atoms with Gasteiger partial charge in [0.15, 0.2) is 0 Å². The van der Waals surface area contributed by atoms with Crippen LogP contribution < -0.4 is 0 Å². The fraction of sp³-hybridized carbons (Fsp3) is 0.625. The summed E-state index contributed by atoms with van der Waals surface area (Å²) in [6, 6.07) is 12.0. The molecule has 1 spiro atoms. The van der Waals surface area contributed by atoms with Crippen LogP contribution in [0.4, 0.5) is 0 Å². The SMILES string of the molecule is O=P(O)(O)[C]12[CH]3[CH]4[CH]5[CH]1[Fe]45321678[CH]2[CH]1[CH]6[CH]7[CH]28.c1ccccc1. The van der Waals surface area contributed by atoms with E-state index in [1.165, 1.54) is 0 Å². The van der Waals surface area contributed by atoms with Crippen LogP contribution in [-0.2, 0) is 11.1 Å². The first-order chi connectivity index (χ1) is 9.80. The molecule has 0 amide bonds. The van der Waals surface area contributed by atoms with E-state index in [-0.39, 0.29) is 4.05 Å². The Morgan fingerprint density at radius 2 is 1.05 bits per heavy atom. The normalized spacial score (nSPS) is 98.5. The van der Waals surface area contributed by atoms with Gasteiger partial charge in [-0.1, -0.05) is 36.4 Å². The van der Waals surface area contributed by atoms with Crippen molar-refractivity contribution in [2.75, 3.05) is 0 Å². The fourth-order valence-corrected chi connectivity index (χ4v) is 105. The van der Waals surface area contributed by atoms with Gasteiger partial charge in [-0.3, -0.25) is 0 Å². The summed E-state index contributed by atoms with van der Waals surface area (Å²) in [7, 11) is -3.74. The van der Waals surface area contributed by atoms with Gasteiger partial charge < -0.3 is 0 Å². The molecule has 0 radical (unpaired) electrons. The summed E-state index contributed by atoms with van der Waals surface area (Å²) in [4.78, 5) is 28.6. The van der Waals surface area contributed by atoms with Crippen LogP contribution in [0.2, 0.25) is 43.3 Å². The van der Waals surface area contributed by atoms with Crippen molar-refractivity contribution >= 4 is 7.60 Å². The molecule has 2 N–H and O–H groups in total. The average molecular weight is 344 g/mol. The van der Waals surface area contributed by atoms with Crippen LogP contribution in [-0.4, -0.2) is 13.8 Å². The van der Waals surface area contributed by atoms with Crippen LogP contribution >= 0.6 is 7.60 Å². The number of rotatable bonds is 1. The van der Waals surface area contributed by atoms with Crippen LogP contribution in [0.3, 0.4) is 0 Å². The molecular weight excluding hydrogens is 327 g/mol. The van der Waals surface area contributed by atoms with Crippen molar-refractivity contribution < 1.29 is 20.9 Å². The van der Waals surface area contributed by atoms with E-state index < -0.39 is 14.1 Å². The summed E-state index contributed by atoms with van der Waals surface area (Å²) in [5.41, 5.74) is 0. The van der Waals surface area contributed by atoms with E-state index in [0.717, 1.165) is 43.3 Å². The summed E-state index contributed by atoms with van der Waals surface area (Å²) < 4.78 is 11.9. The Morgan fingerprint density at radius 3 is 1.14 bits per heavy atom. The molecule has 112 valence electrons. The monoisotopic (exact) mass is 344 g/mol. The van der Waals surface area contributed by atoms with Crippen molar-refractivity contribution in [1.29, 1.82) is 0 Å². The molecule has 10 aliphatic heterocycles. The minimum Gasteiger partial charge on any atom is -0.0623 e. The second kappa shape index (κ2) is 0.878. The van der Waals surface area contributed by atoms with E-state index >= 15 is 0 Å². The Bertz CT molecular complexity index is 1110. The largest absolute Gasteiger partial charge is 0.0623 e. The van der Waals surface area contributed by atoms with Gasteiger partial charge in [0, 0.05) is 0 Å². The van der Waals surface area contributed by atoms with Crippen LogP contribution in [0, 0.1) is 0 Å². The van der Waals surface area contributed by atoms with Gasteiger partial charge in [0.1, 0.15) is 0 Å². The van der Waals surface area contributed by atoms with Gasteiger partial charge >= 0.3 is 75.9 Å². The third kappa shape index (κ3) is 0.123. The van der Waals surface area contributed by atoms with E-state index in [9.17, 15) is 14.4 Å². The van der Waals surface area contributed by atoms with Gasteiger partial charge in [-0.25, -0.2) is 0 Å². The molecule has 0 aromatic heterocycles. The summed E-state index contributed by atoms with van der Waals surface area (Å²) in [5.74, 6) is 0. The molecule has 0 bridgehead atoms. The average Bonchev–Trinajstić information content (AvgIpc) is 3.40. The van der Waals surface area contributed by atoms with E-state index in [2.05, 4.69) is 0 Å². The van der Waals surface area contributed by atoms with Gasteiger partial charge in [-0.15, -0.1) is 0 Å². The predicted molar refractivity (Wildman–Crippen MR) is 75.0 cm³/mol. The third-order valence-corrected chi connectivity index (χ3v) is 63.9. The Kier molecular flexibility index (Phi) is 0.387. The van der Waals surface area contributed by atoms with Gasteiger partial charge in [-0.2, -0.15) is 0 Å². The molecule has 4 unspecified atom stereocenters. The molecule has 1 aromatic carbocycles. The first kappa shape index (κ1) is 9.25. The van der Waals surface area contributed by atoms with Crippen LogP contribution in [0.1, 0.15) is 0 Å². The molecule has 0 aliphatic carbocycles. The van der Waals surface area contributed by atoms with E-state index in [4.69, 9.17) is 0 Å². The molecule has 0 saturated carbocycles. The van der Waals surface area contributed by atoms with Crippen LogP contribution in [0.5, 0.6) is 0 Å². The zero-order valence-corrected chi connectivity index (χ0v) is 13.3. The van der Waals surface area contributed by atoms with Crippen molar-refractivity contribution in [3.8, 4) is 0 Å². The molecule has 10 saturated heterocycles. The first-order valence-corrected chi connectivity index (χ1v) is 16.0. The number of fused-ring (bicyclic) bond motifs is 10. The van der Waals surface area contributed by atoms with Crippen molar-refractivity contribution in [3.05, 3.63) is 36.4 Å². The van der Waals surface area contributed by atoms with E-state index in [1.807, 2.05) is 36.4 Å². The Labute approximate surface area is 112 Å². The van der Waals surface area contributed by atoms with Crippen molar-refractivity contribution in [1.82, 2.24) is 0 Å². The van der Waals surface area contributed by atoms with Gasteiger partial charge in [0.05, 0.1) is 0 Å². The van der Waals surface area contributed by atoms with Gasteiger partial charge in [0.25, 0.3) is 0 Å². The molecule has 10 fully saturated rings. The zero-order valence-electron chi connectivity index (χ0n) is 11.3. The standard InChI is InChI=1S/C6H6.C5H6O3P.C5H5.Fe/c1-2-4-6-5-3-1;6-9(7,8)5-3-1-2-4-5;1-2-4-5-3-1;/h1-6H;1-4H,(H2,6,7,8);1-5H;. The van der Waals surface area contributed by atoms with Crippen LogP contribution in [0.25, 0.3) is 0 Å². The summed E-state index contributed by atoms with van der Waals surface area (Å²) in [5, 5.41) is 0. The summed E-state index contributed by atoms with van der Waals surface area (Å²) in [6.45, 7) is -3.45. The first-order valence-electron chi connectivity index (χ1n) is 8.06. The molecule has 3 nitrogen and oxygen atoms in total. The minimum atomic E-state index is -3.74. The van der Waals surface area contributed by atoms with Crippen molar-refractivity contribution in [3.63, 3.8) is 0 Å². The second-order valence-electron chi connectivity index (χ2n) is 11.3. The quantitative estimate of drug-likeness (QED) is 0.594. The maximum atomic E-state index is 12.1. The molecular formula is C16H17FeO3P. The number of benzene rings is 1. The molecule has 1 aromatic rings. The molecule has 4 atom stereocenters. The van der Waals surface area contributed by atoms with E-state index in [1.54, 1.807) is 0 Å². The third-order valence-electron chi connectivity index (χ3n) is 15.7. The molecule has 10 heterocycles. The molecule has 10 aliphatic rings. The van der Waals surface area contributed by atoms with Crippen LogP contribution in [0.15, 0.2) is 36.4 Å². The second-order valence-corrected chi connectivity index (χ2v) is 37.1. The van der Waals surface area contributed by atoms with E-state index in [0.29, 0.717) is 0 Å².